The number of nitrogens with two attached hydrogens (primary N) is 1. The smallest absolute Gasteiger partial charge is 0.119 e. The summed E-state index contributed by atoms with van der Waals surface area (Å²) in [6, 6.07) is 7.52. The number of benzene rings is 1. The van der Waals surface area contributed by atoms with Crippen molar-refractivity contribution in [3.05, 3.63) is 29.8 Å². The summed E-state index contributed by atoms with van der Waals surface area (Å²) in [7, 11) is 0. The van der Waals surface area contributed by atoms with Gasteiger partial charge in [0.15, 0.2) is 0 Å². The fourth-order valence-electron chi connectivity index (χ4n) is 3.01. The normalized spacial score (nSPS) is 12.9. The van der Waals surface area contributed by atoms with Crippen LogP contribution in [0.5, 0.6) is 5.75 Å². The number of ether oxygens (including phenoxy) is 1. The quantitative estimate of drug-likeness (QED) is 0.330. The molecular weight excluding hydrogens is 342 g/mol. The van der Waals surface area contributed by atoms with Crippen molar-refractivity contribution >= 4 is 0 Å². The summed E-state index contributed by atoms with van der Waals surface area (Å²) in [5, 5.41) is 28.6. The minimum Gasteiger partial charge on any atom is -0.494 e. The van der Waals surface area contributed by atoms with E-state index in [1.165, 1.54) is 51.4 Å². The Kier molecular flexibility index (Phi) is 12.3. The third-order valence-corrected chi connectivity index (χ3v) is 5.12. The average Bonchev–Trinajstić information content (AvgIpc) is 2.70. The Balaban J connectivity index is 2.18. The van der Waals surface area contributed by atoms with Gasteiger partial charge in [0.1, 0.15) is 5.75 Å². The first-order valence-corrected chi connectivity index (χ1v) is 10.5. The first-order chi connectivity index (χ1) is 13.1. The van der Waals surface area contributed by atoms with Crippen LogP contribution in [-0.4, -0.2) is 46.8 Å². The van der Waals surface area contributed by atoms with Gasteiger partial charge in [-0.15, -0.1) is 0 Å². The van der Waals surface area contributed by atoms with Crippen LogP contribution < -0.4 is 10.5 Å². The van der Waals surface area contributed by atoms with Gasteiger partial charge in [-0.2, -0.15) is 0 Å². The van der Waals surface area contributed by atoms with Crippen LogP contribution in [0, 0.1) is 0 Å². The lowest BCUT2D eigenvalue weighted by Crippen LogP contribution is -2.57. The van der Waals surface area contributed by atoms with Gasteiger partial charge in [-0.1, -0.05) is 70.4 Å². The van der Waals surface area contributed by atoms with Crippen LogP contribution in [0.1, 0.15) is 70.3 Å². The predicted octanol–water partition coefficient (Wildman–Crippen LogP) is 3.18. The maximum atomic E-state index is 10.1. The zero-order valence-corrected chi connectivity index (χ0v) is 16.9. The van der Waals surface area contributed by atoms with Gasteiger partial charge in [0.25, 0.3) is 0 Å². The third kappa shape index (κ3) is 9.56. The Hall–Kier alpha value is -1.14. The molecule has 0 aromatic heterocycles. The highest BCUT2D eigenvalue weighted by Gasteiger charge is 2.32. The highest BCUT2D eigenvalue weighted by Crippen LogP contribution is 2.17. The van der Waals surface area contributed by atoms with Gasteiger partial charge in [0, 0.05) is 6.42 Å². The van der Waals surface area contributed by atoms with Crippen molar-refractivity contribution in [1.82, 2.24) is 0 Å². The maximum absolute atomic E-state index is 10.1. The van der Waals surface area contributed by atoms with E-state index in [1.807, 2.05) is 24.3 Å². The molecule has 5 N–H and O–H groups in total. The van der Waals surface area contributed by atoms with Gasteiger partial charge in [-0.3, -0.25) is 0 Å². The fraction of sp³-hybridized carbons (Fsp3) is 0.727. The van der Waals surface area contributed by atoms with Crippen molar-refractivity contribution in [2.24, 2.45) is 5.73 Å². The zero-order valence-electron chi connectivity index (χ0n) is 16.9. The van der Waals surface area contributed by atoms with E-state index in [9.17, 15) is 15.3 Å². The molecule has 0 aliphatic carbocycles. The molecule has 1 atom stereocenters. The average molecular weight is 382 g/mol. The first kappa shape index (κ1) is 23.9. The van der Waals surface area contributed by atoms with Crippen molar-refractivity contribution in [1.29, 1.82) is 0 Å². The Bertz CT molecular complexity index is 474. The van der Waals surface area contributed by atoms with Crippen molar-refractivity contribution < 1.29 is 20.1 Å². The summed E-state index contributed by atoms with van der Waals surface area (Å²) in [5.74, 6) is 0.816. The van der Waals surface area contributed by atoms with Crippen LogP contribution in [0.3, 0.4) is 0 Å². The van der Waals surface area contributed by atoms with E-state index < -0.39 is 24.9 Å². The van der Waals surface area contributed by atoms with Crippen LogP contribution in [-0.2, 0) is 6.42 Å². The molecule has 0 fully saturated rings. The SMILES string of the molecule is CCCCCCCCCCCOc1ccc(CC(O)C(N)(CO)CO)cc1. The molecular formula is C22H39NO4. The summed E-state index contributed by atoms with van der Waals surface area (Å²) in [6.07, 6.45) is 10.9. The molecule has 0 bridgehead atoms. The lowest BCUT2D eigenvalue weighted by molar-refractivity contribution is 0.00831. The fourth-order valence-corrected chi connectivity index (χ4v) is 3.01. The molecule has 156 valence electrons. The number of hydrogen-bond acceptors (Lipinski definition) is 5. The summed E-state index contributed by atoms with van der Waals surface area (Å²) < 4.78 is 5.77. The predicted molar refractivity (Wildman–Crippen MR) is 110 cm³/mol. The van der Waals surface area contributed by atoms with E-state index in [2.05, 4.69) is 6.92 Å². The van der Waals surface area contributed by atoms with E-state index in [-0.39, 0.29) is 6.42 Å². The second-order valence-electron chi connectivity index (χ2n) is 7.59. The Labute approximate surface area is 164 Å². The number of aliphatic hydroxyl groups is 3. The van der Waals surface area contributed by atoms with E-state index in [0.717, 1.165) is 24.3 Å². The molecule has 0 radical (unpaired) electrons. The lowest BCUT2D eigenvalue weighted by Gasteiger charge is -2.30. The molecule has 0 spiro atoms. The Morgan fingerprint density at radius 3 is 1.93 bits per heavy atom. The molecule has 0 saturated carbocycles. The van der Waals surface area contributed by atoms with Gasteiger partial charge in [-0.25, -0.2) is 0 Å². The summed E-state index contributed by atoms with van der Waals surface area (Å²) >= 11 is 0. The number of unbranched alkanes of at least 4 members (excludes halogenated alkanes) is 8. The Morgan fingerprint density at radius 1 is 0.889 bits per heavy atom. The largest absolute Gasteiger partial charge is 0.494 e. The monoisotopic (exact) mass is 381 g/mol. The highest BCUT2D eigenvalue weighted by molar-refractivity contribution is 5.28. The molecule has 0 heterocycles. The van der Waals surface area contributed by atoms with Gasteiger partial charge >= 0.3 is 0 Å². The first-order valence-electron chi connectivity index (χ1n) is 10.5. The summed E-state index contributed by atoms with van der Waals surface area (Å²) in [6.45, 7) is 2.03. The molecule has 5 nitrogen and oxygen atoms in total. The molecule has 27 heavy (non-hydrogen) atoms. The lowest BCUT2D eigenvalue weighted by atomic mass is 9.90. The molecule has 0 amide bonds. The van der Waals surface area contributed by atoms with Crippen LogP contribution in [0.4, 0.5) is 0 Å². The van der Waals surface area contributed by atoms with E-state index in [4.69, 9.17) is 10.5 Å². The number of aliphatic hydroxyl groups excluding tert-OH is 3. The van der Waals surface area contributed by atoms with Crippen molar-refractivity contribution in [2.75, 3.05) is 19.8 Å². The third-order valence-electron chi connectivity index (χ3n) is 5.12. The number of hydrogen-bond donors (Lipinski definition) is 4. The van der Waals surface area contributed by atoms with E-state index in [1.54, 1.807) is 0 Å². The van der Waals surface area contributed by atoms with E-state index in [0.29, 0.717) is 0 Å². The topological polar surface area (TPSA) is 95.9 Å². The molecule has 0 saturated heterocycles. The van der Waals surface area contributed by atoms with Gasteiger partial charge in [0.05, 0.1) is 31.5 Å². The van der Waals surface area contributed by atoms with Gasteiger partial charge in [-0.05, 0) is 24.1 Å². The molecule has 1 unspecified atom stereocenters. The van der Waals surface area contributed by atoms with Crippen molar-refractivity contribution in [2.45, 2.75) is 82.8 Å². The van der Waals surface area contributed by atoms with Crippen molar-refractivity contribution in [3.8, 4) is 5.75 Å². The summed E-state index contributed by atoms with van der Waals surface area (Å²) in [4.78, 5) is 0. The minimum absolute atomic E-state index is 0.274. The molecule has 1 aromatic rings. The number of rotatable bonds is 16. The zero-order chi connectivity index (χ0) is 20.0. The molecule has 0 aliphatic heterocycles. The van der Waals surface area contributed by atoms with Crippen LogP contribution >= 0.6 is 0 Å². The molecule has 1 aromatic carbocycles. The highest BCUT2D eigenvalue weighted by atomic mass is 16.5. The van der Waals surface area contributed by atoms with Crippen molar-refractivity contribution in [3.63, 3.8) is 0 Å². The van der Waals surface area contributed by atoms with Crippen LogP contribution in [0.2, 0.25) is 0 Å². The second-order valence-corrected chi connectivity index (χ2v) is 7.59. The van der Waals surface area contributed by atoms with Crippen LogP contribution in [0.25, 0.3) is 0 Å². The van der Waals surface area contributed by atoms with E-state index >= 15 is 0 Å². The van der Waals surface area contributed by atoms with Gasteiger partial charge in [0.2, 0.25) is 0 Å². The molecule has 1 rings (SSSR count). The maximum Gasteiger partial charge on any atom is 0.119 e. The summed E-state index contributed by atoms with van der Waals surface area (Å²) in [5.41, 5.74) is 5.29. The molecule has 0 aliphatic rings. The van der Waals surface area contributed by atoms with Gasteiger partial charge < -0.3 is 25.8 Å². The second kappa shape index (κ2) is 13.9. The standard InChI is InChI=1S/C22H39NO4/c1-2-3-4-5-6-7-8-9-10-15-27-20-13-11-19(12-14-20)16-21(26)22(23,17-24)18-25/h11-14,21,24-26H,2-10,15-18,23H2,1H3. The van der Waals surface area contributed by atoms with Crippen LogP contribution in [0.15, 0.2) is 24.3 Å². The Morgan fingerprint density at radius 2 is 1.41 bits per heavy atom. The molecule has 5 heteroatoms. The minimum atomic E-state index is -1.38.